The molecular formula is C25H18F4N4O2. The lowest BCUT2D eigenvalue weighted by Crippen LogP contribution is -2.38. The number of nitriles is 2. The number of alkyl halides is 3. The number of aliphatic hydroxyl groups is 1. The average molecular weight is 482 g/mol. The molecule has 0 spiro atoms. The molecule has 10 heteroatoms. The van der Waals surface area contributed by atoms with Crippen LogP contribution in [0.25, 0.3) is 11.1 Å². The summed E-state index contributed by atoms with van der Waals surface area (Å²) in [6.45, 7) is -0.219. The molecule has 1 amide bonds. The second-order valence-electron chi connectivity index (χ2n) is 7.60. The van der Waals surface area contributed by atoms with Crippen molar-refractivity contribution < 1.29 is 27.5 Å². The number of benzene rings is 3. The Hall–Kier alpha value is -4.41. The maximum Gasteiger partial charge on any atom is 0.417 e. The van der Waals surface area contributed by atoms with Crippen LogP contribution < -0.4 is 10.2 Å². The topological polar surface area (TPSA) is 100 Å². The molecule has 0 aliphatic carbocycles. The minimum atomic E-state index is -4.79. The van der Waals surface area contributed by atoms with E-state index < -0.39 is 35.1 Å². The van der Waals surface area contributed by atoms with Gasteiger partial charge in [-0.15, -0.1) is 0 Å². The van der Waals surface area contributed by atoms with Gasteiger partial charge in [-0.05, 0) is 54.1 Å². The smallest absolute Gasteiger partial charge is 0.381 e. The Morgan fingerprint density at radius 2 is 1.66 bits per heavy atom. The Balaban J connectivity index is 1.76. The lowest BCUT2D eigenvalue weighted by molar-refractivity contribution is -0.137. The predicted molar refractivity (Wildman–Crippen MR) is 121 cm³/mol. The highest BCUT2D eigenvalue weighted by Crippen LogP contribution is 2.33. The minimum Gasteiger partial charge on any atom is -0.381 e. The monoisotopic (exact) mass is 482 g/mol. The van der Waals surface area contributed by atoms with Crippen LogP contribution in [0.4, 0.5) is 28.9 Å². The first kappa shape index (κ1) is 25.2. The van der Waals surface area contributed by atoms with Gasteiger partial charge >= 0.3 is 6.18 Å². The van der Waals surface area contributed by atoms with E-state index in [4.69, 9.17) is 5.26 Å². The summed E-state index contributed by atoms with van der Waals surface area (Å²) < 4.78 is 52.7. The number of nitrogens with one attached hydrogen (secondary N) is 1. The normalized spacial score (nSPS) is 11.8. The molecule has 178 valence electrons. The van der Waals surface area contributed by atoms with E-state index in [0.29, 0.717) is 28.4 Å². The summed E-state index contributed by atoms with van der Waals surface area (Å²) in [5.74, 6) is -1.37. The van der Waals surface area contributed by atoms with Crippen molar-refractivity contribution in [2.24, 2.45) is 0 Å². The van der Waals surface area contributed by atoms with Gasteiger partial charge in [-0.1, -0.05) is 12.1 Å². The van der Waals surface area contributed by atoms with Crippen LogP contribution >= 0.6 is 0 Å². The number of carbonyl (C=O) groups is 1. The summed E-state index contributed by atoms with van der Waals surface area (Å²) >= 11 is 0. The highest BCUT2D eigenvalue weighted by atomic mass is 19.4. The van der Waals surface area contributed by atoms with Crippen LogP contribution in [-0.4, -0.2) is 30.7 Å². The molecule has 3 aromatic carbocycles. The molecule has 0 bridgehead atoms. The number of hydrogen-bond donors (Lipinski definition) is 2. The van der Waals surface area contributed by atoms with Crippen LogP contribution in [0.2, 0.25) is 0 Å². The summed E-state index contributed by atoms with van der Waals surface area (Å²) in [7, 11) is 1.58. The molecule has 35 heavy (non-hydrogen) atoms. The second kappa shape index (κ2) is 10.2. The SMILES string of the molecule is CN(CC(O)C(=O)Nc1ccc(C#N)c(C(F)(F)F)c1)c1ccc(C#N)c(-c2ccc(F)cc2)c1. The third-order valence-electron chi connectivity index (χ3n) is 5.18. The van der Waals surface area contributed by atoms with E-state index in [1.807, 2.05) is 0 Å². The largest absolute Gasteiger partial charge is 0.417 e. The summed E-state index contributed by atoms with van der Waals surface area (Å²) in [5.41, 5.74) is -0.0177. The second-order valence-corrected chi connectivity index (χ2v) is 7.60. The summed E-state index contributed by atoms with van der Waals surface area (Å²) in [4.78, 5) is 13.9. The van der Waals surface area contributed by atoms with E-state index in [9.17, 15) is 32.7 Å². The van der Waals surface area contributed by atoms with E-state index >= 15 is 0 Å². The van der Waals surface area contributed by atoms with Crippen LogP contribution in [0.3, 0.4) is 0 Å². The number of likely N-dealkylation sites (N-methyl/N-ethyl adjacent to an activating group) is 1. The van der Waals surface area contributed by atoms with Crippen LogP contribution in [-0.2, 0) is 11.0 Å². The van der Waals surface area contributed by atoms with Gasteiger partial charge in [0.05, 0.1) is 35.4 Å². The molecule has 2 N–H and O–H groups in total. The molecular weight excluding hydrogens is 464 g/mol. The van der Waals surface area contributed by atoms with Gasteiger partial charge in [-0.3, -0.25) is 4.79 Å². The first-order valence-electron chi connectivity index (χ1n) is 10.1. The van der Waals surface area contributed by atoms with Gasteiger partial charge in [0.2, 0.25) is 0 Å². The Labute approximate surface area is 198 Å². The molecule has 0 saturated heterocycles. The van der Waals surface area contributed by atoms with Gasteiger partial charge in [0.1, 0.15) is 11.9 Å². The molecule has 1 atom stereocenters. The number of carbonyl (C=O) groups excluding carboxylic acids is 1. The van der Waals surface area contributed by atoms with Crippen LogP contribution in [0.5, 0.6) is 0 Å². The minimum absolute atomic E-state index is 0.219. The Kier molecular flexibility index (Phi) is 7.38. The first-order chi connectivity index (χ1) is 16.5. The van der Waals surface area contributed by atoms with Crippen molar-refractivity contribution in [3.05, 3.63) is 83.2 Å². The molecule has 3 rings (SSSR count). The molecule has 3 aromatic rings. The molecule has 6 nitrogen and oxygen atoms in total. The zero-order valence-electron chi connectivity index (χ0n) is 18.3. The van der Waals surface area contributed by atoms with E-state index in [2.05, 4.69) is 11.4 Å². The van der Waals surface area contributed by atoms with Crippen molar-refractivity contribution >= 4 is 17.3 Å². The maximum atomic E-state index is 13.3. The van der Waals surface area contributed by atoms with Gasteiger partial charge in [-0.25, -0.2) is 4.39 Å². The molecule has 0 radical (unpaired) electrons. The summed E-state index contributed by atoms with van der Waals surface area (Å²) in [6, 6.07) is 16.6. The highest BCUT2D eigenvalue weighted by Gasteiger charge is 2.34. The van der Waals surface area contributed by atoms with Gasteiger partial charge in [-0.2, -0.15) is 23.7 Å². The number of rotatable bonds is 6. The van der Waals surface area contributed by atoms with Gasteiger partial charge in [0.25, 0.3) is 5.91 Å². The Bertz CT molecular complexity index is 1330. The predicted octanol–water partition coefficient (Wildman–Crippen LogP) is 4.69. The van der Waals surface area contributed by atoms with Crippen LogP contribution in [0, 0.1) is 28.5 Å². The van der Waals surface area contributed by atoms with Crippen molar-refractivity contribution in [3.63, 3.8) is 0 Å². The zero-order valence-corrected chi connectivity index (χ0v) is 18.3. The van der Waals surface area contributed by atoms with E-state index in [1.54, 1.807) is 25.2 Å². The molecule has 0 aliphatic heterocycles. The van der Waals surface area contributed by atoms with Gasteiger partial charge in [0.15, 0.2) is 0 Å². The molecule has 0 aliphatic rings. The fourth-order valence-electron chi connectivity index (χ4n) is 3.36. The number of aliphatic hydroxyl groups excluding tert-OH is 1. The van der Waals surface area contributed by atoms with Crippen molar-refractivity contribution in [2.75, 3.05) is 23.8 Å². The average Bonchev–Trinajstić information content (AvgIpc) is 2.83. The van der Waals surface area contributed by atoms with Crippen molar-refractivity contribution in [1.29, 1.82) is 10.5 Å². The van der Waals surface area contributed by atoms with Gasteiger partial charge in [0, 0.05) is 24.0 Å². The molecule has 1 unspecified atom stereocenters. The Morgan fingerprint density at radius 3 is 2.26 bits per heavy atom. The summed E-state index contributed by atoms with van der Waals surface area (Å²) in [5, 5.41) is 30.8. The first-order valence-corrected chi connectivity index (χ1v) is 10.1. The highest BCUT2D eigenvalue weighted by molar-refractivity contribution is 5.94. The number of amides is 1. The van der Waals surface area contributed by atoms with Crippen molar-refractivity contribution in [1.82, 2.24) is 0 Å². The fourth-order valence-corrected chi connectivity index (χ4v) is 3.36. The Morgan fingerprint density at radius 1 is 1.03 bits per heavy atom. The third kappa shape index (κ3) is 5.94. The van der Waals surface area contributed by atoms with E-state index in [1.165, 1.54) is 35.2 Å². The lowest BCUT2D eigenvalue weighted by atomic mass is 9.99. The maximum absolute atomic E-state index is 13.3. The molecule has 0 fully saturated rings. The number of halogens is 4. The fraction of sp³-hybridized carbons (Fsp3) is 0.160. The van der Waals surface area contributed by atoms with E-state index in [0.717, 1.165) is 12.1 Å². The van der Waals surface area contributed by atoms with Crippen LogP contribution in [0.1, 0.15) is 16.7 Å². The van der Waals surface area contributed by atoms with Crippen molar-refractivity contribution in [3.8, 4) is 23.3 Å². The third-order valence-corrected chi connectivity index (χ3v) is 5.18. The molecule has 0 heterocycles. The van der Waals surface area contributed by atoms with Crippen molar-refractivity contribution in [2.45, 2.75) is 12.3 Å². The zero-order chi connectivity index (χ0) is 25.8. The number of anilines is 2. The summed E-state index contributed by atoms with van der Waals surface area (Å²) in [6.07, 6.45) is -6.41. The number of hydrogen-bond acceptors (Lipinski definition) is 5. The van der Waals surface area contributed by atoms with Crippen LogP contribution in [0.15, 0.2) is 60.7 Å². The molecule has 0 aromatic heterocycles. The molecule has 0 saturated carbocycles. The lowest BCUT2D eigenvalue weighted by Gasteiger charge is -2.23. The standard InChI is InChI=1S/C25H18F4N4O2/c1-33(20-9-5-16(12-30)21(11-20)15-2-6-18(26)7-3-15)14-23(34)24(35)32-19-8-4-17(13-31)22(10-19)25(27,28)29/h2-11,23,34H,14H2,1H3,(H,32,35). The number of nitrogens with zero attached hydrogens (tertiary/aromatic N) is 3. The quantitative estimate of drug-likeness (QED) is 0.497. The van der Waals surface area contributed by atoms with E-state index in [-0.39, 0.29) is 12.2 Å². The van der Waals surface area contributed by atoms with Gasteiger partial charge < -0.3 is 15.3 Å².